The molecule has 0 radical (unpaired) electrons. The standard InChI is InChI=1S/C22H21Cl3N4O/c1-28-20(14-5-7-15(23)8-6-14)19(17-13-16(24)9-10-18(17)25)26-21(28)22(30)27-29-11-3-2-4-12-29/h5-10,13H,2-4,11-12H2,1H3,(H,27,30). The average Bonchev–Trinajstić information content (AvgIpc) is 3.08. The highest BCUT2D eigenvalue weighted by atomic mass is 35.5. The Morgan fingerprint density at radius 1 is 0.967 bits per heavy atom. The number of nitrogens with one attached hydrogen (secondary N) is 1. The van der Waals surface area contributed by atoms with Gasteiger partial charge in [0.15, 0.2) is 0 Å². The summed E-state index contributed by atoms with van der Waals surface area (Å²) in [6, 6.07) is 12.6. The zero-order valence-corrected chi connectivity index (χ0v) is 18.7. The van der Waals surface area contributed by atoms with Crippen molar-refractivity contribution < 1.29 is 4.79 Å². The van der Waals surface area contributed by atoms with E-state index in [2.05, 4.69) is 5.43 Å². The van der Waals surface area contributed by atoms with Crippen molar-refractivity contribution in [3.63, 3.8) is 0 Å². The van der Waals surface area contributed by atoms with E-state index in [1.54, 1.807) is 34.9 Å². The monoisotopic (exact) mass is 462 g/mol. The van der Waals surface area contributed by atoms with Gasteiger partial charge in [0.2, 0.25) is 5.82 Å². The highest BCUT2D eigenvalue weighted by molar-refractivity contribution is 6.35. The second-order valence-corrected chi connectivity index (χ2v) is 8.59. The first kappa shape index (κ1) is 21.2. The molecule has 0 spiro atoms. The number of hydrazine groups is 1. The Labute approximate surface area is 190 Å². The number of imidazole rings is 1. The van der Waals surface area contributed by atoms with Gasteiger partial charge in [-0.3, -0.25) is 10.2 Å². The topological polar surface area (TPSA) is 50.2 Å². The maximum absolute atomic E-state index is 13.1. The summed E-state index contributed by atoms with van der Waals surface area (Å²) in [5, 5.41) is 3.64. The van der Waals surface area contributed by atoms with Gasteiger partial charge in [0.05, 0.1) is 16.4 Å². The second-order valence-electron chi connectivity index (χ2n) is 7.31. The Kier molecular flexibility index (Phi) is 6.34. The molecule has 0 aliphatic carbocycles. The molecule has 1 amide bonds. The third-order valence-electron chi connectivity index (χ3n) is 5.22. The lowest BCUT2D eigenvalue weighted by molar-refractivity contribution is 0.0736. The molecule has 4 rings (SSSR count). The van der Waals surface area contributed by atoms with E-state index in [-0.39, 0.29) is 5.91 Å². The van der Waals surface area contributed by atoms with Crippen LogP contribution in [0.1, 0.15) is 29.9 Å². The minimum atomic E-state index is -0.251. The highest BCUT2D eigenvalue weighted by Gasteiger charge is 2.25. The number of amides is 1. The Hall–Kier alpha value is -2.05. The van der Waals surface area contributed by atoms with Crippen molar-refractivity contribution in [2.75, 3.05) is 13.1 Å². The molecule has 5 nitrogen and oxygen atoms in total. The Morgan fingerprint density at radius 2 is 1.63 bits per heavy atom. The maximum Gasteiger partial charge on any atom is 0.301 e. The molecule has 30 heavy (non-hydrogen) atoms. The fraction of sp³-hybridized carbons (Fsp3) is 0.273. The van der Waals surface area contributed by atoms with Gasteiger partial charge in [-0.25, -0.2) is 9.99 Å². The number of rotatable bonds is 4. The summed E-state index contributed by atoms with van der Waals surface area (Å²) in [7, 11) is 1.82. The van der Waals surface area contributed by atoms with Gasteiger partial charge in [-0.1, -0.05) is 53.4 Å². The number of nitrogens with zero attached hydrogens (tertiary/aromatic N) is 3. The number of halogens is 3. The zero-order valence-electron chi connectivity index (χ0n) is 16.5. The van der Waals surface area contributed by atoms with Crippen LogP contribution in [0.5, 0.6) is 0 Å². The summed E-state index contributed by atoms with van der Waals surface area (Å²) in [6.45, 7) is 1.68. The molecule has 0 saturated carbocycles. The number of piperidine rings is 1. The molecule has 1 aliphatic rings. The number of aromatic nitrogens is 2. The smallest absolute Gasteiger partial charge is 0.301 e. The normalized spacial score (nSPS) is 14.7. The van der Waals surface area contributed by atoms with Crippen molar-refractivity contribution >= 4 is 40.7 Å². The summed E-state index contributed by atoms with van der Waals surface area (Å²) in [6.07, 6.45) is 3.33. The number of carbonyl (C=O) groups is 1. The van der Waals surface area contributed by atoms with Gasteiger partial charge < -0.3 is 4.57 Å². The molecule has 1 fully saturated rings. The van der Waals surface area contributed by atoms with E-state index in [1.165, 1.54) is 6.42 Å². The van der Waals surface area contributed by atoms with Gasteiger partial charge in [0, 0.05) is 41.3 Å². The maximum atomic E-state index is 13.1. The summed E-state index contributed by atoms with van der Waals surface area (Å²) < 4.78 is 1.79. The zero-order chi connectivity index (χ0) is 21.3. The Bertz CT molecular complexity index is 1070. The van der Waals surface area contributed by atoms with Crippen LogP contribution < -0.4 is 5.43 Å². The van der Waals surface area contributed by atoms with E-state index in [4.69, 9.17) is 39.8 Å². The number of hydrogen-bond donors (Lipinski definition) is 1. The molecular formula is C22H21Cl3N4O. The molecule has 1 aliphatic heterocycles. The van der Waals surface area contributed by atoms with Crippen LogP contribution in [0, 0.1) is 0 Å². The largest absolute Gasteiger partial charge is 0.322 e. The fourth-order valence-corrected chi connectivity index (χ4v) is 4.21. The molecule has 0 bridgehead atoms. The third-order valence-corrected chi connectivity index (χ3v) is 6.03. The molecule has 156 valence electrons. The molecule has 2 heterocycles. The molecule has 0 unspecified atom stereocenters. The van der Waals surface area contributed by atoms with Crippen molar-refractivity contribution in [1.29, 1.82) is 0 Å². The number of carbonyl (C=O) groups excluding carboxylic acids is 1. The van der Waals surface area contributed by atoms with E-state index >= 15 is 0 Å². The molecule has 3 aromatic rings. The lowest BCUT2D eigenvalue weighted by Crippen LogP contribution is -2.45. The Morgan fingerprint density at radius 3 is 2.33 bits per heavy atom. The minimum Gasteiger partial charge on any atom is -0.322 e. The Balaban J connectivity index is 1.81. The van der Waals surface area contributed by atoms with E-state index < -0.39 is 0 Å². The van der Waals surface area contributed by atoms with Crippen LogP contribution in [0.2, 0.25) is 15.1 Å². The molecule has 1 aromatic heterocycles. The van der Waals surface area contributed by atoms with Gasteiger partial charge >= 0.3 is 5.91 Å². The van der Waals surface area contributed by atoms with Crippen molar-refractivity contribution in [2.45, 2.75) is 19.3 Å². The predicted octanol–water partition coefficient (Wildman–Crippen LogP) is 5.85. The summed E-state index contributed by atoms with van der Waals surface area (Å²) >= 11 is 18.8. The van der Waals surface area contributed by atoms with Crippen molar-refractivity contribution in [3.05, 3.63) is 63.4 Å². The van der Waals surface area contributed by atoms with Crippen molar-refractivity contribution in [2.24, 2.45) is 7.05 Å². The summed E-state index contributed by atoms with van der Waals surface area (Å²) in [5.41, 5.74) is 5.88. The molecule has 0 atom stereocenters. The molecule has 1 saturated heterocycles. The molecule has 2 aromatic carbocycles. The lowest BCUT2D eigenvalue weighted by Gasteiger charge is -2.26. The molecule has 1 N–H and O–H groups in total. The average molecular weight is 464 g/mol. The first-order valence-electron chi connectivity index (χ1n) is 9.78. The second kappa shape index (κ2) is 8.98. The SMILES string of the molecule is Cn1c(C(=O)NN2CCCCC2)nc(-c2cc(Cl)ccc2Cl)c1-c1ccc(Cl)cc1. The third kappa shape index (κ3) is 4.35. The van der Waals surface area contributed by atoms with Crippen LogP contribution in [0.4, 0.5) is 0 Å². The van der Waals surface area contributed by atoms with Crippen LogP contribution in [-0.2, 0) is 7.05 Å². The van der Waals surface area contributed by atoms with Crippen LogP contribution in [-0.4, -0.2) is 33.6 Å². The van der Waals surface area contributed by atoms with Gasteiger partial charge in [-0.05, 0) is 43.2 Å². The van der Waals surface area contributed by atoms with Crippen molar-refractivity contribution in [1.82, 2.24) is 20.0 Å². The number of hydrogen-bond acceptors (Lipinski definition) is 3. The minimum absolute atomic E-state index is 0.251. The van der Waals surface area contributed by atoms with E-state index in [1.807, 2.05) is 24.2 Å². The van der Waals surface area contributed by atoms with Crippen LogP contribution in [0.15, 0.2) is 42.5 Å². The van der Waals surface area contributed by atoms with Gasteiger partial charge in [-0.2, -0.15) is 0 Å². The van der Waals surface area contributed by atoms with Gasteiger partial charge in [-0.15, -0.1) is 0 Å². The van der Waals surface area contributed by atoms with Gasteiger partial charge in [0.25, 0.3) is 0 Å². The highest BCUT2D eigenvalue weighted by Crippen LogP contribution is 2.37. The van der Waals surface area contributed by atoms with E-state index in [0.29, 0.717) is 32.1 Å². The first-order valence-corrected chi connectivity index (χ1v) is 10.9. The molecule has 8 heteroatoms. The van der Waals surface area contributed by atoms with E-state index in [9.17, 15) is 4.79 Å². The van der Waals surface area contributed by atoms with Crippen LogP contribution in [0.3, 0.4) is 0 Å². The van der Waals surface area contributed by atoms with Crippen molar-refractivity contribution in [3.8, 4) is 22.5 Å². The van der Waals surface area contributed by atoms with E-state index in [0.717, 1.165) is 37.2 Å². The van der Waals surface area contributed by atoms with Gasteiger partial charge in [0.1, 0.15) is 0 Å². The summed E-state index contributed by atoms with van der Waals surface area (Å²) in [5.74, 6) is 0.0515. The van der Waals surface area contributed by atoms with Crippen LogP contribution in [0.25, 0.3) is 22.5 Å². The van der Waals surface area contributed by atoms with Crippen LogP contribution >= 0.6 is 34.8 Å². The lowest BCUT2D eigenvalue weighted by atomic mass is 10.0. The predicted molar refractivity (Wildman–Crippen MR) is 122 cm³/mol. The quantitative estimate of drug-likeness (QED) is 0.528. The molecular weight excluding hydrogens is 443 g/mol. The summed E-state index contributed by atoms with van der Waals surface area (Å²) in [4.78, 5) is 17.7. The first-order chi connectivity index (χ1) is 14.4. The number of benzene rings is 2. The fourth-order valence-electron chi connectivity index (χ4n) is 3.71.